The van der Waals surface area contributed by atoms with E-state index in [1.165, 1.54) is 24.3 Å². The van der Waals surface area contributed by atoms with Gasteiger partial charge in [-0.25, -0.2) is 4.79 Å². The minimum atomic E-state index is -1.09. The molecule has 1 aromatic carbocycles. The molecule has 7 nitrogen and oxygen atoms in total. The van der Waals surface area contributed by atoms with Crippen molar-refractivity contribution in [2.45, 2.75) is 13.3 Å². The number of ether oxygens (including phenoxy) is 2. The molecule has 1 rings (SSSR count). The molecule has 0 atom stereocenters. The highest BCUT2D eigenvalue weighted by atomic mass is 16.6. The molecule has 0 heterocycles. The summed E-state index contributed by atoms with van der Waals surface area (Å²) in [4.78, 5) is 20.8. The number of nitro benzene ring substituents is 1. The Bertz CT molecular complexity index is 526. The Kier molecular flexibility index (Phi) is 6.90. The summed E-state index contributed by atoms with van der Waals surface area (Å²) in [7, 11) is 0. The molecular formula is C14H17NO6. The molecule has 114 valence electrons. The molecule has 0 aliphatic heterocycles. The average molecular weight is 295 g/mol. The van der Waals surface area contributed by atoms with Crippen LogP contribution in [0.5, 0.6) is 5.75 Å². The Labute approximate surface area is 121 Å². The molecule has 0 bridgehead atoms. The van der Waals surface area contributed by atoms with Crippen molar-refractivity contribution >= 4 is 17.7 Å². The van der Waals surface area contributed by atoms with Gasteiger partial charge in [0.1, 0.15) is 0 Å². The van der Waals surface area contributed by atoms with Gasteiger partial charge in [0.15, 0.2) is 5.75 Å². The number of nitrogens with zero attached hydrogens (tertiary/aromatic N) is 1. The van der Waals surface area contributed by atoms with Crippen molar-refractivity contribution in [2.75, 3.05) is 19.8 Å². The smallest absolute Gasteiger partial charge is 0.328 e. The maximum Gasteiger partial charge on any atom is 0.328 e. The van der Waals surface area contributed by atoms with E-state index in [0.29, 0.717) is 25.2 Å². The van der Waals surface area contributed by atoms with Crippen LogP contribution in [0.25, 0.3) is 6.08 Å². The number of aliphatic carboxylic acids is 1. The molecule has 0 aliphatic carbocycles. The number of carboxylic acids is 1. The van der Waals surface area contributed by atoms with Crippen molar-refractivity contribution < 1.29 is 24.3 Å². The van der Waals surface area contributed by atoms with Gasteiger partial charge >= 0.3 is 11.7 Å². The summed E-state index contributed by atoms with van der Waals surface area (Å²) in [5.41, 5.74) is 0.363. The van der Waals surface area contributed by atoms with E-state index < -0.39 is 10.9 Å². The van der Waals surface area contributed by atoms with Gasteiger partial charge in [-0.3, -0.25) is 10.1 Å². The van der Waals surface area contributed by atoms with Crippen LogP contribution in [-0.4, -0.2) is 35.8 Å². The van der Waals surface area contributed by atoms with Gasteiger partial charge in [0.2, 0.25) is 0 Å². The molecule has 0 radical (unpaired) electrons. The summed E-state index contributed by atoms with van der Waals surface area (Å²) >= 11 is 0. The van der Waals surface area contributed by atoms with Crippen LogP contribution in [0.2, 0.25) is 0 Å². The zero-order valence-electron chi connectivity index (χ0n) is 11.7. The van der Waals surface area contributed by atoms with E-state index in [4.69, 9.17) is 14.6 Å². The minimum absolute atomic E-state index is 0.115. The van der Waals surface area contributed by atoms with Gasteiger partial charge < -0.3 is 14.6 Å². The zero-order chi connectivity index (χ0) is 15.7. The zero-order valence-corrected chi connectivity index (χ0v) is 11.7. The lowest BCUT2D eigenvalue weighted by molar-refractivity contribution is -0.385. The Hall–Kier alpha value is -2.41. The monoisotopic (exact) mass is 295 g/mol. The number of benzene rings is 1. The normalized spacial score (nSPS) is 10.7. The molecule has 7 heteroatoms. The third-order valence-electron chi connectivity index (χ3n) is 2.49. The maximum atomic E-state index is 10.9. The summed E-state index contributed by atoms with van der Waals surface area (Å²) in [6.07, 6.45) is 2.92. The van der Waals surface area contributed by atoms with Crippen LogP contribution >= 0.6 is 0 Å². The number of carbonyl (C=O) groups is 1. The second-order valence-electron chi connectivity index (χ2n) is 4.05. The lowest BCUT2D eigenvalue weighted by Crippen LogP contribution is -2.04. The summed E-state index contributed by atoms with van der Waals surface area (Å²) in [6.45, 7) is 3.29. The van der Waals surface area contributed by atoms with Crippen molar-refractivity contribution in [2.24, 2.45) is 0 Å². The van der Waals surface area contributed by atoms with Gasteiger partial charge in [-0.15, -0.1) is 0 Å². The first-order chi connectivity index (χ1) is 10.0. The molecular weight excluding hydrogens is 278 g/mol. The second kappa shape index (κ2) is 8.70. The lowest BCUT2D eigenvalue weighted by atomic mass is 10.1. The summed E-state index contributed by atoms with van der Waals surface area (Å²) < 4.78 is 10.5. The molecule has 0 saturated heterocycles. The van der Waals surface area contributed by atoms with Gasteiger partial charge in [0.25, 0.3) is 0 Å². The Morgan fingerprint density at radius 2 is 2.19 bits per heavy atom. The summed E-state index contributed by atoms with van der Waals surface area (Å²) in [5, 5.41) is 19.5. The predicted octanol–water partition coefficient (Wildman–Crippen LogP) is 2.50. The van der Waals surface area contributed by atoms with Gasteiger partial charge in [-0.2, -0.15) is 0 Å². The van der Waals surface area contributed by atoms with E-state index in [-0.39, 0.29) is 18.0 Å². The number of carboxylic acid groups (broad SMARTS) is 1. The van der Waals surface area contributed by atoms with Gasteiger partial charge in [-0.1, -0.05) is 0 Å². The third kappa shape index (κ3) is 6.05. The number of nitro groups is 1. The first kappa shape index (κ1) is 16.6. The van der Waals surface area contributed by atoms with E-state index in [1.54, 1.807) is 0 Å². The van der Waals surface area contributed by atoms with Crippen LogP contribution in [-0.2, 0) is 9.53 Å². The van der Waals surface area contributed by atoms with E-state index in [0.717, 1.165) is 6.08 Å². The van der Waals surface area contributed by atoms with Crippen molar-refractivity contribution in [3.05, 3.63) is 40.0 Å². The second-order valence-corrected chi connectivity index (χ2v) is 4.05. The SMILES string of the molecule is CCOCCCOc1cc(C=CC(=O)O)ccc1[N+](=O)[O-]. The molecule has 0 amide bonds. The van der Waals surface area contributed by atoms with Crippen molar-refractivity contribution in [1.82, 2.24) is 0 Å². The summed E-state index contributed by atoms with van der Waals surface area (Å²) in [6, 6.07) is 4.20. The van der Waals surface area contributed by atoms with Crippen molar-refractivity contribution in [3.8, 4) is 5.75 Å². The maximum absolute atomic E-state index is 10.9. The van der Waals surface area contributed by atoms with E-state index in [2.05, 4.69) is 0 Å². The Morgan fingerprint density at radius 1 is 1.43 bits per heavy atom. The van der Waals surface area contributed by atoms with Crippen LogP contribution in [0.3, 0.4) is 0 Å². The fraction of sp³-hybridized carbons (Fsp3) is 0.357. The third-order valence-corrected chi connectivity index (χ3v) is 2.49. The van der Waals surface area contributed by atoms with E-state index in [1.807, 2.05) is 6.92 Å². The van der Waals surface area contributed by atoms with Crippen LogP contribution in [0.15, 0.2) is 24.3 Å². The largest absolute Gasteiger partial charge is 0.487 e. The molecule has 0 aromatic heterocycles. The quantitative estimate of drug-likeness (QED) is 0.325. The van der Waals surface area contributed by atoms with Crippen LogP contribution < -0.4 is 4.74 Å². The summed E-state index contributed by atoms with van der Waals surface area (Å²) in [5.74, 6) is -0.975. The number of hydrogen-bond acceptors (Lipinski definition) is 5. The molecule has 0 spiro atoms. The first-order valence-electron chi connectivity index (χ1n) is 6.44. The fourth-order valence-electron chi connectivity index (χ4n) is 1.56. The van der Waals surface area contributed by atoms with Crippen molar-refractivity contribution in [3.63, 3.8) is 0 Å². The molecule has 1 N–H and O–H groups in total. The fourth-order valence-corrected chi connectivity index (χ4v) is 1.56. The average Bonchev–Trinajstić information content (AvgIpc) is 2.44. The molecule has 21 heavy (non-hydrogen) atoms. The van der Waals surface area contributed by atoms with Gasteiger partial charge in [0, 0.05) is 31.8 Å². The van der Waals surface area contributed by atoms with Gasteiger partial charge in [-0.05, 0) is 30.7 Å². The molecule has 0 aliphatic rings. The first-order valence-corrected chi connectivity index (χ1v) is 6.44. The highest BCUT2D eigenvalue weighted by Gasteiger charge is 2.15. The topological polar surface area (TPSA) is 98.9 Å². The Morgan fingerprint density at radius 3 is 2.81 bits per heavy atom. The van der Waals surface area contributed by atoms with E-state index in [9.17, 15) is 14.9 Å². The number of hydrogen-bond donors (Lipinski definition) is 1. The molecule has 1 aromatic rings. The van der Waals surface area contributed by atoms with E-state index >= 15 is 0 Å². The minimum Gasteiger partial charge on any atom is -0.487 e. The Balaban J connectivity index is 2.78. The van der Waals surface area contributed by atoms with Gasteiger partial charge in [0.05, 0.1) is 11.5 Å². The highest BCUT2D eigenvalue weighted by Crippen LogP contribution is 2.28. The standard InChI is InChI=1S/C14H17NO6/c1-2-20-8-3-9-21-13-10-11(5-7-14(16)17)4-6-12(13)15(18)19/h4-7,10H,2-3,8-9H2,1H3,(H,16,17). The van der Waals surface area contributed by atoms with Crippen molar-refractivity contribution in [1.29, 1.82) is 0 Å². The predicted molar refractivity (Wildman–Crippen MR) is 76.4 cm³/mol. The lowest BCUT2D eigenvalue weighted by Gasteiger charge is -2.07. The van der Waals surface area contributed by atoms with Crippen LogP contribution in [0, 0.1) is 10.1 Å². The van der Waals surface area contributed by atoms with Crippen LogP contribution in [0.1, 0.15) is 18.9 Å². The number of rotatable bonds is 9. The molecule has 0 fully saturated rings. The van der Waals surface area contributed by atoms with Crippen LogP contribution in [0.4, 0.5) is 5.69 Å². The molecule has 0 unspecified atom stereocenters. The molecule has 0 saturated carbocycles. The highest BCUT2D eigenvalue weighted by molar-refractivity contribution is 5.85.